The highest BCUT2D eigenvalue weighted by molar-refractivity contribution is 8.03. The Morgan fingerprint density at radius 2 is 2.64 bits per heavy atom. The lowest BCUT2D eigenvalue weighted by atomic mass is 10.1. The minimum absolute atomic E-state index is 0.0762. The average Bonchev–Trinajstić information content (AvgIpc) is 2.45. The molecular weight excluding hydrogens is 166 g/mol. The van der Waals surface area contributed by atoms with E-state index in [1.807, 2.05) is 0 Å². The molecule has 0 aliphatic carbocycles. The molecule has 0 spiro atoms. The van der Waals surface area contributed by atoms with Gasteiger partial charge in [-0.1, -0.05) is 22.7 Å². The first kappa shape index (κ1) is 6.66. The second-order valence-corrected chi connectivity index (χ2v) is 3.30. The first-order valence-corrected chi connectivity index (χ1v) is 4.03. The van der Waals surface area contributed by atoms with Crippen LogP contribution in [0.15, 0.2) is 16.7 Å². The number of thioether (sulfide) groups is 1. The number of carbonyl (C=O) groups is 1. The molecule has 2 rings (SSSR count). The summed E-state index contributed by atoms with van der Waals surface area (Å²) in [6, 6.07) is 0. The number of fused-ring (bicyclic) bond motifs is 1. The lowest BCUT2D eigenvalue weighted by molar-refractivity contribution is -0.465. The van der Waals surface area contributed by atoms with E-state index in [0.29, 0.717) is 0 Å². The first-order chi connectivity index (χ1) is 5.29. The predicted octanol–water partition coefficient (Wildman–Crippen LogP) is 0.196. The number of nitrogens with one attached hydrogen (secondary N) is 1. The van der Waals surface area contributed by atoms with Crippen molar-refractivity contribution in [2.75, 3.05) is 0 Å². The SMILES string of the molecule is O=C1C2C=CSC2NN=[N+]1[O-]. The van der Waals surface area contributed by atoms with Crippen molar-refractivity contribution in [3.63, 3.8) is 0 Å². The molecular formula is C5H5N3O2S. The fraction of sp³-hybridized carbons (Fsp3) is 0.400. The zero-order chi connectivity index (χ0) is 7.84. The van der Waals surface area contributed by atoms with Gasteiger partial charge < -0.3 is 5.21 Å². The van der Waals surface area contributed by atoms with Crippen LogP contribution in [0.5, 0.6) is 0 Å². The summed E-state index contributed by atoms with van der Waals surface area (Å²) in [4.78, 5) is 11.1. The van der Waals surface area contributed by atoms with Gasteiger partial charge in [0.2, 0.25) is 0 Å². The Morgan fingerprint density at radius 1 is 1.82 bits per heavy atom. The van der Waals surface area contributed by atoms with E-state index in [1.165, 1.54) is 11.8 Å². The Kier molecular flexibility index (Phi) is 1.35. The normalized spacial score (nSPS) is 34.5. The van der Waals surface area contributed by atoms with Gasteiger partial charge in [0.25, 0.3) is 0 Å². The predicted molar refractivity (Wildman–Crippen MR) is 38.2 cm³/mol. The zero-order valence-electron chi connectivity index (χ0n) is 5.43. The molecule has 0 bridgehead atoms. The van der Waals surface area contributed by atoms with E-state index in [1.54, 1.807) is 11.5 Å². The summed E-state index contributed by atoms with van der Waals surface area (Å²) in [6.45, 7) is 0. The van der Waals surface area contributed by atoms with Crippen LogP contribution in [-0.2, 0) is 4.79 Å². The van der Waals surface area contributed by atoms with E-state index in [4.69, 9.17) is 0 Å². The molecule has 1 amide bonds. The Bertz CT molecular complexity index is 262. The molecule has 0 radical (unpaired) electrons. The molecule has 0 aromatic heterocycles. The van der Waals surface area contributed by atoms with Crippen molar-refractivity contribution in [2.24, 2.45) is 11.1 Å². The Labute approximate surface area is 66.7 Å². The van der Waals surface area contributed by atoms with Crippen molar-refractivity contribution in [1.82, 2.24) is 5.43 Å². The highest BCUT2D eigenvalue weighted by Crippen LogP contribution is 2.30. The third kappa shape index (κ3) is 0.900. The van der Waals surface area contributed by atoms with Gasteiger partial charge in [-0.15, -0.1) is 0 Å². The largest absolute Gasteiger partial charge is 0.689 e. The van der Waals surface area contributed by atoms with Crippen LogP contribution in [0.4, 0.5) is 0 Å². The van der Waals surface area contributed by atoms with Gasteiger partial charge in [0.15, 0.2) is 5.37 Å². The van der Waals surface area contributed by atoms with Crippen LogP contribution in [0.3, 0.4) is 0 Å². The third-order valence-corrected chi connectivity index (χ3v) is 2.59. The Morgan fingerprint density at radius 3 is 3.45 bits per heavy atom. The van der Waals surface area contributed by atoms with Gasteiger partial charge in [0.05, 0.1) is 5.22 Å². The number of rotatable bonds is 0. The Balaban J connectivity index is 2.30. The molecule has 5 nitrogen and oxygen atoms in total. The summed E-state index contributed by atoms with van der Waals surface area (Å²) < 4.78 is 0. The van der Waals surface area contributed by atoms with Gasteiger partial charge in [0, 0.05) is 0 Å². The topological polar surface area (TPSA) is 67.5 Å². The average molecular weight is 171 g/mol. The van der Waals surface area contributed by atoms with Crippen molar-refractivity contribution in [3.8, 4) is 0 Å². The van der Waals surface area contributed by atoms with Crippen LogP contribution < -0.4 is 5.43 Å². The fourth-order valence-electron chi connectivity index (χ4n) is 1.01. The Hall–Kier alpha value is -1.04. The van der Waals surface area contributed by atoms with E-state index >= 15 is 0 Å². The molecule has 0 saturated carbocycles. The molecule has 0 fully saturated rings. The van der Waals surface area contributed by atoms with E-state index in [0.717, 1.165) is 0 Å². The van der Waals surface area contributed by atoms with E-state index in [-0.39, 0.29) is 16.2 Å². The number of carbonyl (C=O) groups excluding carboxylic acids is 1. The quantitative estimate of drug-likeness (QED) is 0.417. The molecule has 2 heterocycles. The minimum atomic E-state index is -0.491. The maximum atomic E-state index is 11.0. The highest BCUT2D eigenvalue weighted by Gasteiger charge is 2.39. The number of hydrogen-bond donors (Lipinski definition) is 1. The zero-order valence-corrected chi connectivity index (χ0v) is 6.25. The second-order valence-electron chi connectivity index (χ2n) is 2.25. The number of nitrogens with zero attached hydrogens (tertiary/aromatic N) is 2. The van der Waals surface area contributed by atoms with Crippen molar-refractivity contribution in [1.29, 1.82) is 0 Å². The molecule has 0 aromatic carbocycles. The van der Waals surface area contributed by atoms with Crippen LogP contribution in [0.2, 0.25) is 0 Å². The van der Waals surface area contributed by atoms with Crippen LogP contribution in [-0.4, -0.2) is 16.1 Å². The van der Waals surface area contributed by atoms with Crippen molar-refractivity contribution < 1.29 is 9.66 Å². The molecule has 6 heteroatoms. The third-order valence-electron chi connectivity index (χ3n) is 1.59. The summed E-state index contributed by atoms with van der Waals surface area (Å²) in [5.41, 5.74) is 2.58. The molecule has 1 N–H and O–H groups in total. The molecule has 11 heavy (non-hydrogen) atoms. The molecule has 2 atom stereocenters. The van der Waals surface area contributed by atoms with Crippen molar-refractivity contribution >= 4 is 17.7 Å². The fourth-order valence-corrected chi connectivity index (χ4v) is 1.92. The molecule has 58 valence electrons. The van der Waals surface area contributed by atoms with Crippen LogP contribution >= 0.6 is 11.8 Å². The summed E-state index contributed by atoms with van der Waals surface area (Å²) in [5.74, 6) is -0.829. The van der Waals surface area contributed by atoms with E-state index in [9.17, 15) is 10.0 Å². The summed E-state index contributed by atoms with van der Waals surface area (Å²) in [6.07, 6.45) is 1.71. The number of amides is 1. The van der Waals surface area contributed by atoms with Gasteiger partial charge in [-0.05, 0) is 5.41 Å². The van der Waals surface area contributed by atoms with Gasteiger partial charge in [-0.3, -0.25) is 0 Å². The minimum Gasteiger partial charge on any atom is -0.689 e. The van der Waals surface area contributed by atoms with Gasteiger partial charge in [-0.2, -0.15) is 5.43 Å². The van der Waals surface area contributed by atoms with Crippen LogP contribution in [0, 0.1) is 11.1 Å². The maximum Gasteiger partial charge on any atom is 0.345 e. The lowest BCUT2D eigenvalue weighted by Gasteiger charge is -2.17. The molecule has 2 aliphatic heterocycles. The van der Waals surface area contributed by atoms with Gasteiger partial charge in [-0.25, -0.2) is 4.79 Å². The van der Waals surface area contributed by atoms with Gasteiger partial charge >= 0.3 is 5.91 Å². The molecule has 0 saturated heterocycles. The number of hydroxylamine groups is 1. The second kappa shape index (κ2) is 2.23. The molecule has 0 aromatic rings. The smallest absolute Gasteiger partial charge is 0.345 e. The summed E-state index contributed by atoms with van der Waals surface area (Å²) >= 11 is 1.46. The molecule has 2 unspecified atom stereocenters. The standard InChI is InChI=1S/C5H5N3O2S/c9-5-3-1-2-11-4(3)6-7-8(5)10/h1-4,6H. The van der Waals surface area contributed by atoms with E-state index < -0.39 is 5.91 Å². The van der Waals surface area contributed by atoms with Gasteiger partial charge in [0.1, 0.15) is 5.92 Å². The van der Waals surface area contributed by atoms with Crippen molar-refractivity contribution in [3.05, 3.63) is 16.7 Å². The molecule has 2 aliphatic rings. The first-order valence-electron chi connectivity index (χ1n) is 3.08. The highest BCUT2D eigenvalue weighted by atomic mass is 32.2. The lowest BCUT2D eigenvalue weighted by Crippen LogP contribution is -2.41. The van der Waals surface area contributed by atoms with Crippen LogP contribution in [0.25, 0.3) is 0 Å². The monoisotopic (exact) mass is 171 g/mol. The summed E-state index contributed by atoms with van der Waals surface area (Å²) in [5, 5.41) is 15.6. The van der Waals surface area contributed by atoms with Crippen LogP contribution in [0.1, 0.15) is 0 Å². The van der Waals surface area contributed by atoms with E-state index in [2.05, 4.69) is 10.6 Å². The maximum absolute atomic E-state index is 11.0. The van der Waals surface area contributed by atoms with Crippen molar-refractivity contribution in [2.45, 2.75) is 5.37 Å². The summed E-state index contributed by atoms with van der Waals surface area (Å²) in [7, 11) is 0. The number of hydrogen-bond acceptors (Lipinski definition) is 5.